The van der Waals surface area contributed by atoms with Gasteiger partial charge >= 0.3 is 0 Å². The molecule has 0 bridgehead atoms. The highest BCUT2D eigenvalue weighted by Crippen LogP contribution is 2.10. The molecule has 1 aromatic carbocycles. The summed E-state index contributed by atoms with van der Waals surface area (Å²) >= 11 is 4.18. The maximum Gasteiger partial charge on any atom is 0.0340 e. The molecule has 17 heavy (non-hydrogen) atoms. The van der Waals surface area contributed by atoms with Crippen LogP contribution in [0.3, 0.4) is 0 Å². The van der Waals surface area contributed by atoms with Crippen molar-refractivity contribution in [2.24, 2.45) is 0 Å². The van der Waals surface area contributed by atoms with Gasteiger partial charge in [-0.3, -0.25) is 0 Å². The Kier molecular flexibility index (Phi) is 7.13. The smallest absolute Gasteiger partial charge is 0.0340 e. The van der Waals surface area contributed by atoms with Gasteiger partial charge in [0.15, 0.2) is 0 Å². The molecule has 0 radical (unpaired) electrons. The van der Waals surface area contributed by atoms with Crippen LogP contribution >= 0.6 is 12.6 Å². The van der Waals surface area contributed by atoms with Gasteiger partial charge in [0.2, 0.25) is 0 Å². The average molecular weight is 252 g/mol. The maximum absolute atomic E-state index is 4.18. The van der Waals surface area contributed by atoms with Crippen molar-refractivity contribution < 1.29 is 0 Å². The third kappa shape index (κ3) is 5.46. The van der Waals surface area contributed by atoms with E-state index in [2.05, 4.69) is 61.0 Å². The number of rotatable bonds is 8. The van der Waals surface area contributed by atoms with Gasteiger partial charge in [-0.05, 0) is 37.2 Å². The number of hydrogen-bond acceptors (Lipinski definition) is 3. The molecule has 0 unspecified atom stereocenters. The predicted molar refractivity (Wildman–Crippen MR) is 80.3 cm³/mol. The molecule has 0 fully saturated rings. The fraction of sp³-hybridized carbons (Fsp3) is 0.571. The highest BCUT2D eigenvalue weighted by atomic mass is 32.1. The molecule has 0 spiro atoms. The summed E-state index contributed by atoms with van der Waals surface area (Å²) < 4.78 is 0. The van der Waals surface area contributed by atoms with Gasteiger partial charge < -0.3 is 10.2 Å². The number of benzene rings is 1. The molecular weight excluding hydrogens is 228 g/mol. The summed E-state index contributed by atoms with van der Waals surface area (Å²) in [6.07, 6.45) is 1.13. The molecule has 3 heteroatoms. The number of nitrogens with one attached hydrogen (secondary N) is 1. The lowest BCUT2D eigenvalue weighted by atomic mass is 10.1. The van der Waals surface area contributed by atoms with Gasteiger partial charge in [-0.2, -0.15) is 12.6 Å². The molecule has 0 aliphatic rings. The van der Waals surface area contributed by atoms with E-state index in [1.54, 1.807) is 0 Å². The summed E-state index contributed by atoms with van der Waals surface area (Å²) in [5.74, 6) is 0.865. The summed E-state index contributed by atoms with van der Waals surface area (Å²) in [4.78, 5) is 2.45. The summed E-state index contributed by atoms with van der Waals surface area (Å²) in [5, 5.41) is 3.32. The molecule has 0 aromatic heterocycles. The Morgan fingerprint density at radius 3 is 2.29 bits per heavy atom. The third-order valence-electron chi connectivity index (χ3n) is 3.01. The van der Waals surface area contributed by atoms with Crippen molar-refractivity contribution in [2.75, 3.05) is 37.2 Å². The topological polar surface area (TPSA) is 15.3 Å². The van der Waals surface area contributed by atoms with E-state index in [1.807, 2.05) is 0 Å². The molecule has 0 aliphatic heterocycles. The van der Waals surface area contributed by atoms with Crippen LogP contribution in [0.15, 0.2) is 24.3 Å². The van der Waals surface area contributed by atoms with Gasteiger partial charge in [-0.1, -0.05) is 26.0 Å². The van der Waals surface area contributed by atoms with E-state index in [9.17, 15) is 0 Å². The standard InChI is InChI=1S/C14H24N2S/c1-3-16(4-2)11-9-13-5-7-14(8-6-13)15-10-12-17/h5-8,15,17H,3-4,9-12H2,1-2H3. The first kappa shape index (κ1) is 14.4. The second-order valence-corrected chi connectivity index (χ2v) is 4.57. The molecule has 1 N–H and O–H groups in total. The van der Waals surface area contributed by atoms with E-state index in [4.69, 9.17) is 0 Å². The zero-order chi connectivity index (χ0) is 12.5. The Morgan fingerprint density at radius 1 is 1.12 bits per heavy atom. The number of hydrogen-bond donors (Lipinski definition) is 2. The van der Waals surface area contributed by atoms with Crippen molar-refractivity contribution in [2.45, 2.75) is 20.3 Å². The highest BCUT2D eigenvalue weighted by molar-refractivity contribution is 7.80. The van der Waals surface area contributed by atoms with Crippen molar-refractivity contribution in [1.29, 1.82) is 0 Å². The van der Waals surface area contributed by atoms with Crippen LogP contribution in [0.5, 0.6) is 0 Å². The van der Waals surface area contributed by atoms with Crippen molar-refractivity contribution in [3.63, 3.8) is 0 Å². The fourth-order valence-corrected chi connectivity index (χ4v) is 1.93. The average Bonchev–Trinajstić information content (AvgIpc) is 2.39. The van der Waals surface area contributed by atoms with E-state index in [1.165, 1.54) is 11.3 Å². The van der Waals surface area contributed by atoms with Crippen molar-refractivity contribution in [1.82, 2.24) is 4.90 Å². The third-order valence-corrected chi connectivity index (χ3v) is 3.23. The highest BCUT2D eigenvalue weighted by Gasteiger charge is 2.00. The van der Waals surface area contributed by atoms with Crippen molar-refractivity contribution in [3.8, 4) is 0 Å². The van der Waals surface area contributed by atoms with Gasteiger partial charge in [0.1, 0.15) is 0 Å². The van der Waals surface area contributed by atoms with Gasteiger partial charge in [0.25, 0.3) is 0 Å². The maximum atomic E-state index is 4.18. The first-order valence-corrected chi connectivity index (χ1v) is 7.09. The molecule has 1 rings (SSSR count). The molecule has 0 amide bonds. The minimum Gasteiger partial charge on any atom is -0.384 e. The van der Waals surface area contributed by atoms with Crippen LogP contribution in [0.2, 0.25) is 0 Å². The van der Waals surface area contributed by atoms with Crippen LogP contribution in [-0.2, 0) is 6.42 Å². The van der Waals surface area contributed by atoms with Gasteiger partial charge in [-0.15, -0.1) is 0 Å². The second-order valence-electron chi connectivity index (χ2n) is 4.12. The van der Waals surface area contributed by atoms with E-state index < -0.39 is 0 Å². The Hall–Kier alpha value is -0.670. The Morgan fingerprint density at radius 2 is 1.76 bits per heavy atom. The molecule has 96 valence electrons. The number of anilines is 1. The Balaban J connectivity index is 2.39. The first-order chi connectivity index (χ1) is 8.30. The van der Waals surface area contributed by atoms with Crippen LogP contribution in [0.4, 0.5) is 5.69 Å². The van der Waals surface area contributed by atoms with Crippen molar-refractivity contribution in [3.05, 3.63) is 29.8 Å². The van der Waals surface area contributed by atoms with E-state index in [-0.39, 0.29) is 0 Å². The van der Waals surface area contributed by atoms with Crippen LogP contribution in [0, 0.1) is 0 Å². The number of likely N-dealkylation sites (N-methyl/N-ethyl adjacent to an activating group) is 1. The lowest BCUT2D eigenvalue weighted by Gasteiger charge is -2.17. The van der Waals surface area contributed by atoms with Crippen LogP contribution in [-0.4, -0.2) is 36.8 Å². The Bertz CT molecular complexity index is 294. The van der Waals surface area contributed by atoms with E-state index in [0.717, 1.165) is 38.4 Å². The van der Waals surface area contributed by atoms with Crippen LogP contribution in [0.1, 0.15) is 19.4 Å². The molecule has 0 saturated carbocycles. The van der Waals surface area contributed by atoms with E-state index >= 15 is 0 Å². The lowest BCUT2D eigenvalue weighted by molar-refractivity contribution is 0.308. The molecule has 2 nitrogen and oxygen atoms in total. The quantitative estimate of drug-likeness (QED) is 0.692. The Labute approximate surface area is 111 Å². The summed E-state index contributed by atoms with van der Waals surface area (Å²) in [7, 11) is 0. The summed E-state index contributed by atoms with van der Waals surface area (Å²) in [6, 6.07) is 8.73. The van der Waals surface area contributed by atoms with Crippen molar-refractivity contribution >= 4 is 18.3 Å². The van der Waals surface area contributed by atoms with Gasteiger partial charge in [0.05, 0.1) is 0 Å². The van der Waals surface area contributed by atoms with Crippen LogP contribution in [0.25, 0.3) is 0 Å². The number of thiol groups is 1. The zero-order valence-corrected chi connectivity index (χ0v) is 11.8. The minimum absolute atomic E-state index is 0.865. The molecule has 0 heterocycles. The van der Waals surface area contributed by atoms with Crippen LogP contribution < -0.4 is 5.32 Å². The molecule has 0 atom stereocenters. The van der Waals surface area contributed by atoms with E-state index in [0.29, 0.717) is 0 Å². The molecule has 1 aromatic rings. The van der Waals surface area contributed by atoms with Gasteiger partial charge in [-0.25, -0.2) is 0 Å². The largest absolute Gasteiger partial charge is 0.384 e. The fourth-order valence-electron chi connectivity index (χ4n) is 1.82. The second kappa shape index (κ2) is 8.43. The first-order valence-electron chi connectivity index (χ1n) is 6.46. The summed E-state index contributed by atoms with van der Waals surface area (Å²) in [5.41, 5.74) is 2.60. The normalized spacial score (nSPS) is 10.8. The molecule has 0 saturated heterocycles. The monoisotopic (exact) mass is 252 g/mol. The molecular formula is C14H24N2S. The zero-order valence-electron chi connectivity index (χ0n) is 10.9. The summed E-state index contributed by atoms with van der Waals surface area (Å²) in [6.45, 7) is 8.77. The SMILES string of the molecule is CCN(CC)CCc1ccc(NCCS)cc1. The predicted octanol–water partition coefficient (Wildman–Crippen LogP) is 2.91. The lowest BCUT2D eigenvalue weighted by Crippen LogP contribution is -2.25. The number of nitrogens with zero attached hydrogens (tertiary/aromatic N) is 1. The van der Waals surface area contributed by atoms with Gasteiger partial charge in [0, 0.05) is 24.5 Å². The molecule has 0 aliphatic carbocycles. The minimum atomic E-state index is 0.865.